The van der Waals surface area contributed by atoms with Crippen LogP contribution in [0, 0.1) is 0 Å². The summed E-state index contributed by atoms with van der Waals surface area (Å²) in [5.74, 6) is 0.464. The summed E-state index contributed by atoms with van der Waals surface area (Å²) in [6, 6.07) is 16.4. The number of hydrogen-bond acceptors (Lipinski definition) is 2. The maximum absolute atomic E-state index is 11.6. The van der Waals surface area contributed by atoms with Gasteiger partial charge in [-0.25, -0.2) is 0 Å². The summed E-state index contributed by atoms with van der Waals surface area (Å²) in [5.41, 5.74) is 1.57. The summed E-state index contributed by atoms with van der Waals surface area (Å²) >= 11 is 0. The number of ether oxygens (including phenoxy) is 1. The van der Waals surface area contributed by atoms with Crippen LogP contribution in [0.3, 0.4) is 0 Å². The number of hydrogen-bond donors (Lipinski definition) is 1. The number of amides is 1. The fraction of sp³-hybridized carbons (Fsp3) is 0.0714. The van der Waals surface area contributed by atoms with Gasteiger partial charge >= 0.3 is 0 Å². The van der Waals surface area contributed by atoms with E-state index in [1.807, 2.05) is 30.3 Å². The Bertz CT molecular complexity index is 529. The Morgan fingerprint density at radius 3 is 2.47 bits per heavy atom. The molecule has 0 spiro atoms. The molecule has 91 valence electrons. The van der Waals surface area contributed by atoms with Crippen molar-refractivity contribution < 1.29 is 9.53 Å². The van der Waals surface area contributed by atoms with Crippen LogP contribution < -0.4 is 20.9 Å². The number of carbonyl (C=O) groups excluding carboxylic acids is 1. The zero-order valence-electron chi connectivity index (χ0n) is 10.4. The minimum Gasteiger partial charge on any atom is -0.484 e. The second-order valence-electron chi connectivity index (χ2n) is 3.98. The van der Waals surface area contributed by atoms with Gasteiger partial charge in [-0.15, -0.1) is 0 Å². The van der Waals surface area contributed by atoms with E-state index in [2.05, 4.69) is 5.23 Å². The molecule has 19 heavy (non-hydrogen) atoms. The summed E-state index contributed by atoms with van der Waals surface area (Å²) in [5, 5.41) is 2.66. The Morgan fingerprint density at radius 2 is 1.79 bits per heavy atom. The summed E-state index contributed by atoms with van der Waals surface area (Å²) in [6.45, 7) is -0.0184. The molecule has 0 unspecified atom stereocenters. The van der Waals surface area contributed by atoms with Gasteiger partial charge in [0.05, 0.1) is 0 Å². The molecule has 0 fully saturated rings. The predicted molar refractivity (Wildman–Crippen MR) is 77.3 cm³/mol. The molecule has 0 aliphatic carbocycles. The zero-order chi connectivity index (χ0) is 13.5. The van der Waals surface area contributed by atoms with Gasteiger partial charge in [0.25, 0.3) is 7.41 Å². The summed E-state index contributed by atoms with van der Waals surface area (Å²) in [6.07, 6.45) is 0. The normalized spacial score (nSPS) is 9.68. The van der Waals surface area contributed by atoms with Crippen LogP contribution in [-0.2, 0) is 4.79 Å². The highest BCUT2D eigenvalue weighted by molar-refractivity contribution is 6.54. The molecule has 1 N–H and O–H groups in total. The highest BCUT2D eigenvalue weighted by Crippen LogP contribution is 2.07. The van der Waals surface area contributed by atoms with Crippen molar-refractivity contribution in [3.05, 3.63) is 54.6 Å². The van der Waals surface area contributed by atoms with Crippen LogP contribution in [0.25, 0.3) is 0 Å². The molecular formula is C14H12B2NO2. The molecule has 3 nitrogen and oxygen atoms in total. The Morgan fingerprint density at radius 1 is 1.11 bits per heavy atom. The van der Waals surface area contributed by atoms with Gasteiger partial charge in [-0.1, -0.05) is 53.4 Å². The predicted octanol–water partition coefficient (Wildman–Crippen LogP) is -0.0799. The molecular weight excluding hydrogens is 236 g/mol. The van der Waals surface area contributed by atoms with Gasteiger partial charge in [-0.05, 0) is 12.1 Å². The summed E-state index contributed by atoms with van der Waals surface area (Å²) < 4.78 is 5.32. The fourth-order valence-electron chi connectivity index (χ4n) is 1.46. The van der Waals surface area contributed by atoms with E-state index in [-0.39, 0.29) is 12.5 Å². The molecule has 0 heterocycles. The molecule has 2 aromatic rings. The second-order valence-corrected chi connectivity index (χ2v) is 3.98. The first-order chi connectivity index (χ1) is 9.24. The lowest BCUT2D eigenvalue weighted by molar-refractivity contribution is -0.121. The first kappa shape index (κ1) is 13.3. The SMILES string of the molecule is [B]c1ccc([B]NC(=O)COc2ccccc2)cc1. The molecule has 0 aromatic heterocycles. The average molecular weight is 248 g/mol. The average Bonchev–Trinajstić information content (AvgIpc) is 2.45. The Balaban J connectivity index is 1.74. The number of benzene rings is 2. The second kappa shape index (κ2) is 6.69. The molecule has 0 bridgehead atoms. The van der Waals surface area contributed by atoms with Crippen LogP contribution in [0.2, 0.25) is 0 Å². The van der Waals surface area contributed by atoms with Crippen molar-refractivity contribution in [2.45, 2.75) is 0 Å². The Kier molecular flexibility index (Phi) is 4.67. The Labute approximate surface area is 114 Å². The number of rotatable bonds is 5. The van der Waals surface area contributed by atoms with Crippen molar-refractivity contribution in [1.29, 1.82) is 0 Å². The topological polar surface area (TPSA) is 38.3 Å². The minimum absolute atomic E-state index is 0.0184. The zero-order valence-corrected chi connectivity index (χ0v) is 10.4. The van der Waals surface area contributed by atoms with Crippen molar-refractivity contribution in [1.82, 2.24) is 5.23 Å². The van der Waals surface area contributed by atoms with Crippen LogP contribution in [0.4, 0.5) is 0 Å². The Hall–Kier alpha value is -2.16. The minimum atomic E-state index is -0.208. The number of para-hydroxylation sites is 1. The number of nitrogens with one attached hydrogen (secondary N) is 1. The third-order valence-corrected chi connectivity index (χ3v) is 2.45. The molecule has 2 rings (SSSR count). The van der Waals surface area contributed by atoms with E-state index in [0.29, 0.717) is 11.2 Å². The standard InChI is InChI=1S/C14H12B2NO2/c15-11-6-8-12(9-7-11)16-17-14(18)10-19-13-4-2-1-3-5-13/h1-9H,10H2,(H,17,18). The third kappa shape index (κ3) is 4.54. The van der Waals surface area contributed by atoms with Gasteiger partial charge in [0.1, 0.15) is 13.6 Å². The largest absolute Gasteiger partial charge is 0.484 e. The lowest BCUT2D eigenvalue weighted by Gasteiger charge is -2.06. The van der Waals surface area contributed by atoms with Crippen molar-refractivity contribution >= 4 is 32.1 Å². The van der Waals surface area contributed by atoms with Crippen LogP contribution in [0.1, 0.15) is 0 Å². The molecule has 0 aliphatic rings. The van der Waals surface area contributed by atoms with E-state index >= 15 is 0 Å². The molecule has 1 amide bonds. The number of carbonyl (C=O) groups is 1. The monoisotopic (exact) mass is 248 g/mol. The van der Waals surface area contributed by atoms with E-state index in [1.54, 1.807) is 31.7 Å². The smallest absolute Gasteiger partial charge is 0.284 e. The van der Waals surface area contributed by atoms with Crippen molar-refractivity contribution in [3.8, 4) is 5.75 Å². The molecule has 2 aromatic carbocycles. The van der Waals surface area contributed by atoms with E-state index < -0.39 is 0 Å². The molecule has 0 saturated heterocycles. The van der Waals surface area contributed by atoms with E-state index in [9.17, 15) is 4.79 Å². The maximum atomic E-state index is 11.6. The van der Waals surface area contributed by atoms with Gasteiger partial charge < -0.3 is 9.96 Å². The van der Waals surface area contributed by atoms with Crippen molar-refractivity contribution in [3.63, 3.8) is 0 Å². The lowest BCUT2D eigenvalue weighted by Crippen LogP contribution is -2.38. The van der Waals surface area contributed by atoms with Crippen LogP contribution in [-0.4, -0.2) is 27.8 Å². The summed E-state index contributed by atoms with van der Waals surface area (Å²) in [4.78, 5) is 11.6. The molecule has 0 saturated carbocycles. The van der Waals surface area contributed by atoms with Gasteiger partial charge in [-0.3, -0.25) is 4.79 Å². The van der Waals surface area contributed by atoms with Gasteiger partial charge in [0, 0.05) is 0 Å². The van der Waals surface area contributed by atoms with Crippen LogP contribution >= 0.6 is 0 Å². The van der Waals surface area contributed by atoms with Crippen LogP contribution in [0.15, 0.2) is 54.6 Å². The molecule has 0 aliphatic heterocycles. The highest BCUT2D eigenvalue weighted by Gasteiger charge is 2.04. The van der Waals surface area contributed by atoms with E-state index in [0.717, 1.165) is 5.46 Å². The molecule has 3 radical (unpaired) electrons. The van der Waals surface area contributed by atoms with E-state index in [1.165, 1.54) is 0 Å². The van der Waals surface area contributed by atoms with Gasteiger partial charge in [-0.2, -0.15) is 0 Å². The van der Waals surface area contributed by atoms with Crippen LogP contribution in [0.5, 0.6) is 5.75 Å². The first-order valence-electron chi connectivity index (χ1n) is 5.90. The molecule has 0 atom stereocenters. The third-order valence-electron chi connectivity index (χ3n) is 2.45. The van der Waals surface area contributed by atoms with Crippen molar-refractivity contribution in [2.24, 2.45) is 0 Å². The van der Waals surface area contributed by atoms with Crippen molar-refractivity contribution in [2.75, 3.05) is 6.61 Å². The quantitative estimate of drug-likeness (QED) is 0.751. The molecule has 5 heteroatoms. The van der Waals surface area contributed by atoms with E-state index in [4.69, 9.17) is 12.6 Å². The first-order valence-corrected chi connectivity index (χ1v) is 5.90. The maximum Gasteiger partial charge on any atom is 0.284 e. The fourth-order valence-corrected chi connectivity index (χ4v) is 1.46. The summed E-state index contributed by atoms with van der Waals surface area (Å²) in [7, 11) is 7.19. The lowest BCUT2D eigenvalue weighted by atomic mass is 9.81. The van der Waals surface area contributed by atoms with Gasteiger partial charge in [0.2, 0.25) is 5.91 Å². The highest BCUT2D eigenvalue weighted by atomic mass is 16.5. The van der Waals surface area contributed by atoms with Gasteiger partial charge in [0.15, 0.2) is 6.61 Å².